The molecule has 0 aromatic heterocycles. The van der Waals surface area contributed by atoms with Crippen LogP contribution in [0, 0.1) is 21.4 Å². The van der Waals surface area contributed by atoms with E-state index in [4.69, 9.17) is 22.6 Å². The quantitative estimate of drug-likeness (QED) is 0.497. The SMILES string of the molecule is N#CCC=Cc1cc(Cl)cc([N+](=O)[O-])c1N. The Morgan fingerprint density at radius 3 is 2.88 bits per heavy atom. The number of allylic oxidation sites excluding steroid dienone is 1. The van der Waals surface area contributed by atoms with Gasteiger partial charge in [0, 0.05) is 16.7 Å². The molecule has 0 fully saturated rings. The average molecular weight is 238 g/mol. The fraction of sp³-hybridized carbons (Fsp3) is 0.100. The highest BCUT2D eigenvalue weighted by atomic mass is 35.5. The van der Waals surface area contributed by atoms with Gasteiger partial charge in [0.15, 0.2) is 0 Å². The monoisotopic (exact) mass is 237 g/mol. The molecule has 5 nitrogen and oxygen atoms in total. The van der Waals surface area contributed by atoms with Crippen molar-refractivity contribution < 1.29 is 4.92 Å². The molecular formula is C10H8ClN3O2. The van der Waals surface area contributed by atoms with Crippen LogP contribution in [0.4, 0.5) is 11.4 Å². The Morgan fingerprint density at radius 2 is 2.31 bits per heavy atom. The number of hydrogen-bond acceptors (Lipinski definition) is 4. The van der Waals surface area contributed by atoms with Crippen molar-refractivity contribution in [3.8, 4) is 6.07 Å². The maximum absolute atomic E-state index is 10.6. The van der Waals surface area contributed by atoms with Gasteiger partial charge in [-0.3, -0.25) is 10.1 Å². The summed E-state index contributed by atoms with van der Waals surface area (Å²) < 4.78 is 0. The molecule has 0 aliphatic carbocycles. The molecule has 0 saturated carbocycles. The third kappa shape index (κ3) is 2.72. The van der Waals surface area contributed by atoms with Crippen LogP contribution < -0.4 is 5.73 Å². The van der Waals surface area contributed by atoms with Crippen molar-refractivity contribution in [3.05, 3.63) is 38.9 Å². The minimum Gasteiger partial charge on any atom is -0.393 e. The van der Waals surface area contributed by atoms with Crippen molar-refractivity contribution in [2.45, 2.75) is 6.42 Å². The number of nitrogen functional groups attached to an aromatic ring is 1. The van der Waals surface area contributed by atoms with E-state index in [0.29, 0.717) is 5.56 Å². The van der Waals surface area contributed by atoms with E-state index in [0.717, 1.165) is 0 Å². The van der Waals surface area contributed by atoms with Gasteiger partial charge in [0.25, 0.3) is 5.69 Å². The van der Waals surface area contributed by atoms with E-state index in [-0.39, 0.29) is 22.8 Å². The minimum atomic E-state index is -0.594. The maximum Gasteiger partial charge on any atom is 0.294 e. The van der Waals surface area contributed by atoms with Crippen LogP contribution in [-0.4, -0.2) is 4.92 Å². The number of benzene rings is 1. The molecule has 0 unspecified atom stereocenters. The highest BCUT2D eigenvalue weighted by Crippen LogP contribution is 2.30. The topological polar surface area (TPSA) is 92.9 Å². The largest absolute Gasteiger partial charge is 0.393 e. The second kappa shape index (κ2) is 5.14. The first-order chi connectivity index (χ1) is 7.56. The van der Waals surface area contributed by atoms with Crippen molar-refractivity contribution in [3.63, 3.8) is 0 Å². The van der Waals surface area contributed by atoms with Gasteiger partial charge in [0.05, 0.1) is 17.4 Å². The van der Waals surface area contributed by atoms with Crippen molar-refractivity contribution in [1.29, 1.82) is 5.26 Å². The summed E-state index contributed by atoms with van der Waals surface area (Å²) in [5, 5.41) is 19.2. The minimum absolute atomic E-state index is 0.0450. The zero-order valence-electron chi connectivity index (χ0n) is 8.18. The van der Waals surface area contributed by atoms with Crippen LogP contribution in [0.5, 0.6) is 0 Å². The van der Waals surface area contributed by atoms with Gasteiger partial charge in [-0.25, -0.2) is 0 Å². The van der Waals surface area contributed by atoms with E-state index < -0.39 is 4.92 Å². The van der Waals surface area contributed by atoms with E-state index in [1.165, 1.54) is 18.2 Å². The van der Waals surface area contributed by atoms with Crippen LogP contribution >= 0.6 is 11.6 Å². The first kappa shape index (κ1) is 12.0. The predicted octanol–water partition coefficient (Wildman–Crippen LogP) is 2.76. The van der Waals surface area contributed by atoms with Gasteiger partial charge in [-0.2, -0.15) is 5.26 Å². The summed E-state index contributed by atoms with van der Waals surface area (Å²) in [5.74, 6) is 0. The van der Waals surface area contributed by atoms with E-state index in [9.17, 15) is 10.1 Å². The number of nitriles is 1. The number of halogens is 1. The van der Waals surface area contributed by atoms with Gasteiger partial charge in [-0.15, -0.1) is 0 Å². The number of nitrogens with two attached hydrogens (primary N) is 1. The lowest BCUT2D eigenvalue weighted by Crippen LogP contribution is -1.98. The Kier molecular flexibility index (Phi) is 3.86. The van der Waals surface area contributed by atoms with Crippen molar-refractivity contribution in [2.75, 3.05) is 5.73 Å². The number of rotatable bonds is 3. The molecule has 0 bridgehead atoms. The zero-order valence-corrected chi connectivity index (χ0v) is 8.94. The highest BCUT2D eigenvalue weighted by Gasteiger charge is 2.14. The first-order valence-corrected chi connectivity index (χ1v) is 4.71. The summed E-state index contributed by atoms with van der Waals surface area (Å²) in [7, 11) is 0. The molecule has 0 radical (unpaired) electrons. The zero-order chi connectivity index (χ0) is 12.1. The maximum atomic E-state index is 10.6. The number of hydrogen-bond donors (Lipinski definition) is 1. The smallest absolute Gasteiger partial charge is 0.294 e. The van der Waals surface area contributed by atoms with Crippen LogP contribution in [0.15, 0.2) is 18.2 Å². The Hall–Kier alpha value is -2.06. The summed E-state index contributed by atoms with van der Waals surface area (Å²) in [6.45, 7) is 0. The van der Waals surface area contributed by atoms with Crippen LogP contribution in [-0.2, 0) is 0 Å². The lowest BCUT2D eigenvalue weighted by atomic mass is 10.1. The summed E-state index contributed by atoms with van der Waals surface area (Å²) in [6.07, 6.45) is 3.31. The standard InChI is InChI=1S/C10H8ClN3O2/c11-8-5-7(3-1-2-4-12)10(13)9(6-8)14(15)16/h1,3,5-6H,2,13H2. The summed E-state index contributed by atoms with van der Waals surface area (Å²) in [6, 6.07) is 4.62. The third-order valence-corrected chi connectivity index (χ3v) is 2.08. The van der Waals surface area contributed by atoms with Crippen molar-refractivity contribution >= 4 is 29.1 Å². The summed E-state index contributed by atoms with van der Waals surface area (Å²) in [4.78, 5) is 10.1. The first-order valence-electron chi connectivity index (χ1n) is 4.33. The van der Waals surface area contributed by atoms with Crippen LogP contribution in [0.1, 0.15) is 12.0 Å². The molecule has 0 heterocycles. The number of anilines is 1. The average Bonchev–Trinajstić information content (AvgIpc) is 2.22. The lowest BCUT2D eigenvalue weighted by Gasteiger charge is -2.02. The fourth-order valence-electron chi connectivity index (χ4n) is 1.15. The molecule has 6 heteroatoms. The van der Waals surface area contributed by atoms with Crippen LogP contribution in [0.3, 0.4) is 0 Å². The van der Waals surface area contributed by atoms with E-state index in [2.05, 4.69) is 0 Å². The molecule has 2 N–H and O–H groups in total. The molecule has 16 heavy (non-hydrogen) atoms. The Bertz CT molecular complexity index is 492. The molecule has 82 valence electrons. The molecule has 0 aliphatic rings. The normalized spacial score (nSPS) is 10.2. The molecule has 0 amide bonds. The Labute approximate surface area is 96.9 Å². The molecule has 0 atom stereocenters. The summed E-state index contributed by atoms with van der Waals surface area (Å²) in [5.41, 5.74) is 5.85. The molecule has 1 rings (SSSR count). The van der Waals surface area contributed by atoms with E-state index >= 15 is 0 Å². The van der Waals surface area contributed by atoms with Crippen LogP contribution in [0.2, 0.25) is 5.02 Å². The van der Waals surface area contributed by atoms with Crippen LogP contribution in [0.25, 0.3) is 6.08 Å². The Morgan fingerprint density at radius 1 is 1.62 bits per heavy atom. The van der Waals surface area contributed by atoms with Gasteiger partial charge in [-0.1, -0.05) is 23.8 Å². The van der Waals surface area contributed by atoms with Crippen molar-refractivity contribution in [1.82, 2.24) is 0 Å². The lowest BCUT2D eigenvalue weighted by molar-refractivity contribution is -0.383. The second-order valence-corrected chi connectivity index (χ2v) is 3.39. The third-order valence-electron chi connectivity index (χ3n) is 1.86. The van der Waals surface area contributed by atoms with Gasteiger partial charge >= 0.3 is 0 Å². The highest BCUT2D eigenvalue weighted by molar-refractivity contribution is 6.31. The fourth-order valence-corrected chi connectivity index (χ4v) is 1.37. The number of nitro groups is 1. The molecule has 0 saturated heterocycles. The molecule has 0 spiro atoms. The number of nitro benzene ring substituents is 1. The Balaban J connectivity index is 3.20. The number of nitrogens with zero attached hydrogens (tertiary/aromatic N) is 2. The van der Waals surface area contributed by atoms with Gasteiger partial charge in [0.2, 0.25) is 0 Å². The molecule has 1 aromatic rings. The second-order valence-electron chi connectivity index (χ2n) is 2.95. The van der Waals surface area contributed by atoms with Gasteiger partial charge in [0.1, 0.15) is 5.69 Å². The van der Waals surface area contributed by atoms with Gasteiger partial charge in [-0.05, 0) is 6.07 Å². The van der Waals surface area contributed by atoms with E-state index in [1.54, 1.807) is 6.08 Å². The van der Waals surface area contributed by atoms with E-state index in [1.807, 2.05) is 6.07 Å². The van der Waals surface area contributed by atoms with Crippen molar-refractivity contribution in [2.24, 2.45) is 0 Å². The molecular weight excluding hydrogens is 230 g/mol. The molecule has 1 aromatic carbocycles. The van der Waals surface area contributed by atoms with Gasteiger partial charge < -0.3 is 5.73 Å². The molecule has 0 aliphatic heterocycles. The predicted molar refractivity (Wildman–Crippen MR) is 61.8 cm³/mol. The summed E-state index contributed by atoms with van der Waals surface area (Å²) >= 11 is 5.72.